The second kappa shape index (κ2) is 8.89. The first-order chi connectivity index (χ1) is 15.5. The number of anilines is 1. The van der Waals surface area contributed by atoms with Crippen molar-refractivity contribution in [1.29, 1.82) is 10.5 Å². The number of hydrogen-bond donors (Lipinski definition) is 1. The molecule has 0 amide bonds. The molecule has 0 bridgehead atoms. The van der Waals surface area contributed by atoms with Crippen molar-refractivity contribution in [3.8, 4) is 34.2 Å². The second-order valence-electron chi connectivity index (χ2n) is 6.30. The molecule has 0 saturated heterocycles. The Kier molecular flexibility index (Phi) is 5.85. The molecule has 3 aromatic heterocycles. The normalized spacial score (nSPS) is 10.4. The maximum absolute atomic E-state index is 12.9. The predicted octanol–water partition coefficient (Wildman–Crippen LogP) is 2.45. The van der Waals surface area contributed by atoms with Crippen LogP contribution in [-0.4, -0.2) is 21.8 Å². The SMILES string of the molecule is N#Cc1c(N)nc(SCC(=O)c2c([O-])on[n+]2-c2ccccc2)c(C#N)c1-c1cccs1. The quantitative estimate of drug-likeness (QED) is 0.259. The van der Waals surface area contributed by atoms with Gasteiger partial charge >= 0.3 is 5.69 Å². The minimum absolute atomic E-state index is 0.0429. The Morgan fingerprint density at radius 2 is 1.94 bits per heavy atom. The molecular weight excluding hydrogens is 448 g/mol. The zero-order valence-electron chi connectivity index (χ0n) is 16.2. The molecule has 0 radical (unpaired) electrons. The molecule has 0 aliphatic heterocycles. The van der Waals surface area contributed by atoms with Gasteiger partial charge in [0, 0.05) is 22.6 Å². The number of rotatable bonds is 6. The fraction of sp³-hybridized carbons (Fsp3) is 0.0476. The van der Waals surface area contributed by atoms with E-state index in [1.54, 1.807) is 42.5 Å². The van der Waals surface area contributed by atoms with Crippen LogP contribution < -0.4 is 15.5 Å². The lowest BCUT2D eigenvalue weighted by Crippen LogP contribution is -2.39. The second-order valence-corrected chi connectivity index (χ2v) is 8.21. The largest absolute Gasteiger partial charge is 0.539 e. The molecule has 9 nitrogen and oxygen atoms in total. The van der Waals surface area contributed by atoms with E-state index in [1.165, 1.54) is 11.3 Å². The van der Waals surface area contributed by atoms with E-state index in [2.05, 4.69) is 16.3 Å². The maximum atomic E-state index is 12.9. The lowest BCUT2D eigenvalue weighted by molar-refractivity contribution is -0.672. The Bertz CT molecular complexity index is 1390. The monoisotopic (exact) mass is 460 g/mol. The minimum atomic E-state index is -0.869. The molecule has 0 atom stereocenters. The molecule has 156 valence electrons. The number of pyridine rings is 1. The van der Waals surface area contributed by atoms with Crippen LogP contribution in [0.15, 0.2) is 57.4 Å². The van der Waals surface area contributed by atoms with Crippen LogP contribution in [-0.2, 0) is 0 Å². The zero-order valence-corrected chi connectivity index (χ0v) is 17.8. The topological polar surface area (TPSA) is 157 Å². The van der Waals surface area contributed by atoms with Gasteiger partial charge in [-0.3, -0.25) is 4.79 Å². The Balaban J connectivity index is 1.69. The van der Waals surface area contributed by atoms with E-state index >= 15 is 0 Å². The summed E-state index contributed by atoms with van der Waals surface area (Å²) < 4.78 is 5.82. The van der Waals surface area contributed by atoms with Crippen molar-refractivity contribution in [1.82, 2.24) is 10.3 Å². The Labute approximate surface area is 189 Å². The number of hydrogen-bond acceptors (Lipinski definition) is 10. The first-order valence-corrected chi connectivity index (χ1v) is 10.9. The van der Waals surface area contributed by atoms with E-state index in [1.807, 2.05) is 11.4 Å². The zero-order chi connectivity index (χ0) is 22.7. The molecule has 4 aromatic rings. The summed E-state index contributed by atoms with van der Waals surface area (Å²) in [4.78, 5) is 17.7. The molecule has 11 heteroatoms. The van der Waals surface area contributed by atoms with Crippen molar-refractivity contribution in [3.63, 3.8) is 0 Å². The summed E-state index contributed by atoms with van der Waals surface area (Å²) in [6.07, 6.45) is 0. The maximum Gasteiger partial charge on any atom is 0.307 e. The van der Waals surface area contributed by atoms with Crippen molar-refractivity contribution >= 4 is 34.7 Å². The third-order valence-corrected chi connectivity index (χ3v) is 6.26. The van der Waals surface area contributed by atoms with E-state index < -0.39 is 11.7 Å². The Morgan fingerprint density at radius 3 is 2.59 bits per heavy atom. The van der Waals surface area contributed by atoms with Crippen molar-refractivity contribution in [2.45, 2.75) is 5.03 Å². The van der Waals surface area contributed by atoms with E-state index in [0.29, 0.717) is 16.1 Å². The Hall–Kier alpha value is -4.19. The molecule has 0 spiro atoms. The molecule has 0 fully saturated rings. The number of nitrogens with zero attached hydrogens (tertiary/aromatic N) is 5. The van der Waals surface area contributed by atoms with Crippen LogP contribution in [0.25, 0.3) is 16.1 Å². The van der Waals surface area contributed by atoms with Gasteiger partial charge in [0.2, 0.25) is 11.5 Å². The summed E-state index contributed by atoms with van der Waals surface area (Å²) in [5.74, 6) is -1.69. The van der Waals surface area contributed by atoms with Crippen molar-refractivity contribution in [2.24, 2.45) is 0 Å². The molecule has 3 heterocycles. The minimum Gasteiger partial charge on any atom is -0.539 e. The number of ketones is 1. The number of carbonyl (C=O) groups excluding carboxylic acids is 1. The van der Waals surface area contributed by atoms with Gasteiger partial charge in [0.05, 0.1) is 16.6 Å². The highest BCUT2D eigenvalue weighted by molar-refractivity contribution is 8.00. The highest BCUT2D eigenvalue weighted by Gasteiger charge is 2.28. The van der Waals surface area contributed by atoms with E-state index in [9.17, 15) is 20.4 Å². The number of thioether (sulfide) groups is 1. The number of carbonyl (C=O) groups is 1. The molecular formula is C21H12N6O3S2. The number of nitrogen functional groups attached to an aromatic ring is 1. The van der Waals surface area contributed by atoms with Crippen LogP contribution in [0.2, 0.25) is 0 Å². The van der Waals surface area contributed by atoms with E-state index in [0.717, 1.165) is 16.4 Å². The molecule has 0 saturated carbocycles. The van der Waals surface area contributed by atoms with Gasteiger partial charge in [-0.25, -0.2) is 4.98 Å². The van der Waals surface area contributed by atoms with Gasteiger partial charge in [-0.15, -0.1) is 11.3 Å². The molecule has 2 N–H and O–H groups in total. The Morgan fingerprint density at radius 1 is 1.19 bits per heavy atom. The fourth-order valence-electron chi connectivity index (χ4n) is 3.00. The van der Waals surface area contributed by atoms with Crippen molar-refractivity contribution in [2.75, 3.05) is 11.5 Å². The highest BCUT2D eigenvalue weighted by Crippen LogP contribution is 2.37. The van der Waals surface area contributed by atoms with Crippen molar-refractivity contribution in [3.05, 3.63) is 64.7 Å². The average molecular weight is 461 g/mol. The highest BCUT2D eigenvalue weighted by atomic mass is 32.2. The third kappa shape index (κ3) is 3.78. The van der Waals surface area contributed by atoms with Gasteiger partial charge < -0.3 is 15.4 Å². The van der Waals surface area contributed by atoms with Gasteiger partial charge in [-0.2, -0.15) is 10.5 Å². The number of Topliss-reactive ketones (excluding diaryl/α,β-unsaturated/α-hetero) is 1. The molecule has 4 rings (SSSR count). The van der Waals surface area contributed by atoms with E-state index in [4.69, 9.17) is 10.3 Å². The van der Waals surface area contributed by atoms with Crippen LogP contribution in [0, 0.1) is 22.7 Å². The van der Waals surface area contributed by atoms with Crippen LogP contribution >= 0.6 is 23.1 Å². The average Bonchev–Trinajstić information content (AvgIpc) is 3.47. The van der Waals surface area contributed by atoms with Crippen molar-refractivity contribution < 1.29 is 19.1 Å². The lowest BCUT2D eigenvalue weighted by atomic mass is 10.0. The number of nitrogens with two attached hydrogens (primary N) is 1. The number of benzene rings is 1. The fourth-order valence-corrected chi connectivity index (χ4v) is 4.64. The molecule has 1 aromatic carbocycles. The molecule has 32 heavy (non-hydrogen) atoms. The molecule has 0 aliphatic carbocycles. The lowest BCUT2D eigenvalue weighted by Gasteiger charge is -2.11. The first-order valence-electron chi connectivity index (χ1n) is 9.03. The number of para-hydroxylation sites is 1. The van der Waals surface area contributed by atoms with Gasteiger partial charge in [-0.1, -0.05) is 36.0 Å². The van der Waals surface area contributed by atoms with Crippen LogP contribution in [0.3, 0.4) is 0 Å². The number of thiophene rings is 1. The smallest absolute Gasteiger partial charge is 0.307 e. The van der Waals surface area contributed by atoms with Gasteiger partial charge in [0.15, 0.2) is 5.95 Å². The summed E-state index contributed by atoms with van der Waals surface area (Å²) in [5, 5.41) is 37.1. The summed E-state index contributed by atoms with van der Waals surface area (Å²) in [6, 6.07) is 16.2. The molecule has 0 unspecified atom stereocenters. The van der Waals surface area contributed by atoms with E-state index in [-0.39, 0.29) is 33.4 Å². The van der Waals surface area contributed by atoms with Gasteiger partial charge in [0.1, 0.15) is 28.5 Å². The van der Waals surface area contributed by atoms with Crippen LogP contribution in [0.5, 0.6) is 5.95 Å². The summed E-state index contributed by atoms with van der Waals surface area (Å²) in [5.41, 5.74) is 6.83. The number of nitriles is 2. The third-order valence-electron chi connectivity index (χ3n) is 4.40. The standard InChI is InChI=1S/C21H12N6O3S2/c22-9-13-17(16-7-4-8-31-16)14(10-23)20(25-19(13)24)32-11-15(28)18-21(29)30-26-27(18)12-5-2-1-3-6-12/h1-8H,11H2,(H2-,24,25,26,28,29). The summed E-state index contributed by atoms with van der Waals surface area (Å²) >= 11 is 2.30. The first kappa shape index (κ1) is 21.1. The molecule has 0 aliphatic rings. The van der Waals surface area contributed by atoms with Crippen LogP contribution in [0.1, 0.15) is 21.6 Å². The van der Waals surface area contributed by atoms with Crippen LogP contribution in [0.4, 0.5) is 5.82 Å². The summed E-state index contributed by atoms with van der Waals surface area (Å²) in [6.45, 7) is 0. The number of aromatic nitrogens is 3. The summed E-state index contributed by atoms with van der Waals surface area (Å²) in [7, 11) is 0. The predicted molar refractivity (Wildman–Crippen MR) is 114 cm³/mol. The van der Waals surface area contributed by atoms with Gasteiger partial charge in [-0.05, 0) is 16.1 Å². The van der Waals surface area contributed by atoms with Gasteiger partial charge in [0.25, 0.3) is 0 Å².